The Hall–Kier alpha value is -2.34. The molecule has 0 unspecified atom stereocenters. The van der Waals surface area contributed by atoms with Gasteiger partial charge >= 0.3 is 5.97 Å². The van der Waals surface area contributed by atoms with Gasteiger partial charge in [-0.1, -0.05) is 13.3 Å². The second-order valence-corrected chi connectivity index (χ2v) is 6.88. The van der Waals surface area contributed by atoms with Gasteiger partial charge in [0.1, 0.15) is 10.8 Å². The first-order valence-corrected chi connectivity index (χ1v) is 9.02. The molecule has 0 aliphatic heterocycles. The lowest BCUT2D eigenvalue weighted by Gasteiger charge is -2.08. The van der Waals surface area contributed by atoms with E-state index in [1.165, 1.54) is 18.4 Å². The molecule has 2 aromatic rings. The maximum Gasteiger partial charge on any atom is 0.341 e. The smallest absolute Gasteiger partial charge is 0.341 e. The van der Waals surface area contributed by atoms with Crippen molar-refractivity contribution in [3.8, 4) is 5.75 Å². The molecule has 0 saturated heterocycles. The molecule has 0 saturated carbocycles. The highest BCUT2D eigenvalue weighted by molar-refractivity contribution is 7.16. The summed E-state index contributed by atoms with van der Waals surface area (Å²) in [6, 6.07) is 6.97. The number of aryl methyl sites for hydroxylation is 1. The zero-order valence-electron chi connectivity index (χ0n) is 15.0. The topological polar surface area (TPSA) is 64.6 Å². The Kier molecular flexibility index (Phi) is 6.58. The molecule has 0 fully saturated rings. The number of carbonyl (C=O) groups is 2. The monoisotopic (exact) mass is 361 g/mol. The molecular weight excluding hydrogens is 338 g/mol. The van der Waals surface area contributed by atoms with E-state index in [9.17, 15) is 9.59 Å². The third-order valence-corrected chi connectivity index (χ3v) is 5.01. The van der Waals surface area contributed by atoms with Crippen LogP contribution >= 0.6 is 11.3 Å². The number of esters is 1. The van der Waals surface area contributed by atoms with Crippen LogP contribution in [0.5, 0.6) is 5.75 Å². The molecule has 2 rings (SSSR count). The zero-order valence-corrected chi connectivity index (χ0v) is 15.8. The Labute approximate surface area is 152 Å². The molecule has 25 heavy (non-hydrogen) atoms. The molecule has 0 radical (unpaired) electrons. The van der Waals surface area contributed by atoms with Gasteiger partial charge in [-0.3, -0.25) is 4.79 Å². The van der Waals surface area contributed by atoms with Gasteiger partial charge < -0.3 is 14.8 Å². The van der Waals surface area contributed by atoms with Gasteiger partial charge in [0.25, 0.3) is 5.91 Å². The maximum atomic E-state index is 12.5. The summed E-state index contributed by atoms with van der Waals surface area (Å²) >= 11 is 1.37. The first kappa shape index (κ1) is 19.0. The molecule has 1 heterocycles. The van der Waals surface area contributed by atoms with Crippen molar-refractivity contribution in [1.82, 2.24) is 0 Å². The van der Waals surface area contributed by atoms with Crippen LogP contribution in [0.3, 0.4) is 0 Å². The van der Waals surface area contributed by atoms with Gasteiger partial charge in [0, 0.05) is 10.4 Å². The summed E-state index contributed by atoms with van der Waals surface area (Å²) in [5.74, 6) is 0.0198. The highest BCUT2D eigenvalue weighted by Crippen LogP contribution is 2.33. The van der Waals surface area contributed by atoms with E-state index in [0.29, 0.717) is 22.7 Å². The van der Waals surface area contributed by atoms with E-state index in [1.807, 2.05) is 13.8 Å². The second-order valence-electron chi connectivity index (χ2n) is 5.66. The van der Waals surface area contributed by atoms with Crippen LogP contribution in [-0.2, 0) is 4.74 Å². The zero-order chi connectivity index (χ0) is 18.4. The average Bonchev–Trinajstić information content (AvgIpc) is 2.89. The summed E-state index contributed by atoms with van der Waals surface area (Å²) < 4.78 is 10.4. The molecule has 0 spiro atoms. The number of unbranched alkanes of at least 4 members (excludes halogenated alkanes) is 1. The van der Waals surface area contributed by atoms with Crippen molar-refractivity contribution < 1.29 is 19.1 Å². The molecule has 6 heteroatoms. The fourth-order valence-electron chi connectivity index (χ4n) is 2.28. The number of rotatable bonds is 7. The van der Waals surface area contributed by atoms with Gasteiger partial charge in [0.2, 0.25) is 0 Å². The highest BCUT2D eigenvalue weighted by atomic mass is 32.1. The number of anilines is 1. The van der Waals surface area contributed by atoms with Crippen LogP contribution < -0.4 is 10.1 Å². The van der Waals surface area contributed by atoms with Crippen LogP contribution in [0.15, 0.2) is 24.3 Å². The van der Waals surface area contributed by atoms with Crippen molar-refractivity contribution in [2.45, 2.75) is 33.6 Å². The highest BCUT2D eigenvalue weighted by Gasteiger charge is 2.21. The minimum absolute atomic E-state index is 0.272. The summed E-state index contributed by atoms with van der Waals surface area (Å²) in [6.07, 6.45) is 2.07. The Morgan fingerprint density at radius 1 is 1.16 bits per heavy atom. The Morgan fingerprint density at radius 2 is 1.84 bits per heavy atom. The van der Waals surface area contributed by atoms with Crippen molar-refractivity contribution in [2.75, 3.05) is 19.0 Å². The third kappa shape index (κ3) is 4.60. The minimum Gasteiger partial charge on any atom is -0.494 e. The molecule has 134 valence electrons. The maximum absolute atomic E-state index is 12.5. The average molecular weight is 361 g/mol. The van der Waals surface area contributed by atoms with Crippen LogP contribution in [0.1, 0.15) is 50.9 Å². The summed E-state index contributed by atoms with van der Waals surface area (Å²) in [4.78, 5) is 25.4. The van der Waals surface area contributed by atoms with Crippen LogP contribution in [-0.4, -0.2) is 25.6 Å². The standard InChI is InChI=1S/C19H23NO4S/c1-5-6-11-24-15-9-7-14(8-10-15)17(21)20-18-16(19(22)23-4)12(2)13(3)25-18/h7-10H,5-6,11H2,1-4H3,(H,20,21). The SMILES string of the molecule is CCCCOc1ccc(C(=O)Nc2sc(C)c(C)c2C(=O)OC)cc1. The molecule has 0 bridgehead atoms. The number of hydrogen-bond acceptors (Lipinski definition) is 5. The summed E-state index contributed by atoms with van der Waals surface area (Å²) in [5.41, 5.74) is 1.74. The number of thiophene rings is 1. The van der Waals surface area contributed by atoms with Gasteiger partial charge in [0.15, 0.2) is 0 Å². The van der Waals surface area contributed by atoms with Crippen LogP contribution in [0.4, 0.5) is 5.00 Å². The van der Waals surface area contributed by atoms with E-state index in [4.69, 9.17) is 9.47 Å². The molecule has 0 atom stereocenters. The van der Waals surface area contributed by atoms with Gasteiger partial charge in [0.05, 0.1) is 19.3 Å². The number of amides is 1. The molecule has 1 amide bonds. The molecule has 1 aromatic carbocycles. The molecule has 1 N–H and O–H groups in total. The van der Waals surface area contributed by atoms with Gasteiger partial charge in [-0.15, -0.1) is 11.3 Å². The van der Waals surface area contributed by atoms with Crippen LogP contribution in [0, 0.1) is 13.8 Å². The Bertz CT molecular complexity index is 750. The molecule has 5 nitrogen and oxygen atoms in total. The van der Waals surface area contributed by atoms with Crippen LogP contribution in [0.2, 0.25) is 0 Å². The first-order chi connectivity index (χ1) is 12.0. The van der Waals surface area contributed by atoms with Crippen molar-refractivity contribution in [3.63, 3.8) is 0 Å². The van der Waals surface area contributed by atoms with E-state index in [2.05, 4.69) is 12.2 Å². The summed E-state index contributed by atoms with van der Waals surface area (Å²) in [6.45, 7) is 6.52. The number of carbonyl (C=O) groups excluding carboxylic acids is 2. The lowest BCUT2D eigenvalue weighted by atomic mass is 10.1. The molecule has 1 aromatic heterocycles. The summed E-state index contributed by atoms with van der Waals surface area (Å²) in [7, 11) is 1.33. The normalized spacial score (nSPS) is 10.4. The number of ether oxygens (including phenoxy) is 2. The fraction of sp³-hybridized carbons (Fsp3) is 0.368. The van der Waals surface area contributed by atoms with E-state index >= 15 is 0 Å². The summed E-state index contributed by atoms with van der Waals surface area (Å²) in [5, 5.41) is 3.32. The largest absolute Gasteiger partial charge is 0.494 e. The van der Waals surface area contributed by atoms with E-state index in [-0.39, 0.29) is 5.91 Å². The fourth-order valence-corrected chi connectivity index (χ4v) is 3.32. The van der Waals surface area contributed by atoms with E-state index < -0.39 is 5.97 Å². The number of methoxy groups -OCH3 is 1. The molecular formula is C19H23NO4S. The predicted octanol–water partition coefficient (Wildman–Crippen LogP) is 4.58. The number of hydrogen-bond donors (Lipinski definition) is 1. The van der Waals surface area contributed by atoms with Gasteiger partial charge in [-0.05, 0) is 50.1 Å². The first-order valence-electron chi connectivity index (χ1n) is 8.20. The van der Waals surface area contributed by atoms with Gasteiger partial charge in [-0.25, -0.2) is 4.79 Å². The van der Waals surface area contributed by atoms with E-state index in [1.54, 1.807) is 24.3 Å². The lowest BCUT2D eigenvalue weighted by Crippen LogP contribution is -2.14. The minimum atomic E-state index is -0.447. The van der Waals surface area contributed by atoms with E-state index in [0.717, 1.165) is 29.0 Å². The third-order valence-electron chi connectivity index (χ3n) is 3.89. The molecule has 0 aliphatic carbocycles. The Balaban J connectivity index is 2.12. The van der Waals surface area contributed by atoms with Crippen molar-refractivity contribution in [1.29, 1.82) is 0 Å². The Morgan fingerprint density at radius 3 is 2.44 bits per heavy atom. The quantitative estimate of drug-likeness (QED) is 0.579. The van der Waals surface area contributed by atoms with Crippen molar-refractivity contribution >= 4 is 28.2 Å². The van der Waals surface area contributed by atoms with Crippen molar-refractivity contribution in [2.24, 2.45) is 0 Å². The molecule has 0 aliphatic rings. The van der Waals surface area contributed by atoms with Crippen molar-refractivity contribution in [3.05, 3.63) is 45.8 Å². The number of nitrogens with one attached hydrogen (secondary N) is 1. The van der Waals surface area contributed by atoms with Crippen LogP contribution in [0.25, 0.3) is 0 Å². The van der Waals surface area contributed by atoms with Gasteiger partial charge in [-0.2, -0.15) is 0 Å². The lowest BCUT2D eigenvalue weighted by molar-refractivity contribution is 0.0601. The predicted molar refractivity (Wildman–Crippen MR) is 99.9 cm³/mol. The number of benzene rings is 1. The second kappa shape index (κ2) is 8.67.